The molecule has 19 heavy (non-hydrogen) atoms. The van der Waals surface area contributed by atoms with E-state index in [1.165, 1.54) is 0 Å². The fourth-order valence-corrected chi connectivity index (χ4v) is 2.50. The number of aromatic nitrogens is 1. The number of hydrogen-bond donors (Lipinski definition) is 0. The summed E-state index contributed by atoms with van der Waals surface area (Å²) in [7, 11) is 1.69. The van der Waals surface area contributed by atoms with Gasteiger partial charge in [0, 0.05) is 37.3 Å². The maximum Gasteiger partial charge on any atom is 0.253 e. The minimum atomic E-state index is 0.0744. The van der Waals surface area contributed by atoms with Crippen LogP contribution in [0, 0.1) is 0 Å². The second-order valence-corrected chi connectivity index (χ2v) is 4.81. The highest BCUT2D eigenvalue weighted by atomic mass is 16.5. The van der Waals surface area contributed by atoms with E-state index in [0.717, 1.165) is 29.4 Å². The molecule has 98 valence electrons. The van der Waals surface area contributed by atoms with Crippen molar-refractivity contribution >= 4 is 16.8 Å². The zero-order valence-corrected chi connectivity index (χ0v) is 10.9. The van der Waals surface area contributed by atoms with E-state index in [4.69, 9.17) is 4.74 Å². The average molecular weight is 256 g/mol. The van der Waals surface area contributed by atoms with Gasteiger partial charge < -0.3 is 9.64 Å². The third kappa shape index (κ3) is 2.31. The van der Waals surface area contributed by atoms with Gasteiger partial charge in [-0.25, -0.2) is 0 Å². The quantitative estimate of drug-likeness (QED) is 0.826. The number of amides is 1. The number of fused-ring (bicyclic) bond motifs is 1. The van der Waals surface area contributed by atoms with E-state index in [1.54, 1.807) is 13.3 Å². The monoisotopic (exact) mass is 256 g/mol. The Morgan fingerprint density at radius 3 is 3.11 bits per heavy atom. The standard InChI is InChI=1S/C15H16N2O2/c1-19-13-6-8-17(10-13)15(18)12-4-5-14-11(9-12)3-2-7-16-14/h2-5,7,9,13H,6,8,10H2,1H3. The van der Waals surface area contributed by atoms with E-state index in [-0.39, 0.29) is 12.0 Å². The minimum absolute atomic E-state index is 0.0744. The van der Waals surface area contributed by atoms with Crippen molar-refractivity contribution in [2.24, 2.45) is 0 Å². The number of nitrogens with zero attached hydrogens (tertiary/aromatic N) is 2. The summed E-state index contributed by atoms with van der Waals surface area (Å²) >= 11 is 0. The maximum absolute atomic E-state index is 12.4. The highest BCUT2D eigenvalue weighted by molar-refractivity contribution is 5.98. The van der Waals surface area contributed by atoms with Gasteiger partial charge >= 0.3 is 0 Å². The average Bonchev–Trinajstić information content (AvgIpc) is 2.95. The van der Waals surface area contributed by atoms with E-state index in [2.05, 4.69) is 4.98 Å². The van der Waals surface area contributed by atoms with Crippen molar-refractivity contribution in [1.29, 1.82) is 0 Å². The lowest BCUT2D eigenvalue weighted by atomic mass is 10.1. The smallest absolute Gasteiger partial charge is 0.253 e. The Morgan fingerprint density at radius 2 is 2.32 bits per heavy atom. The molecule has 1 unspecified atom stereocenters. The van der Waals surface area contributed by atoms with Crippen LogP contribution < -0.4 is 0 Å². The molecule has 1 aliphatic rings. The van der Waals surface area contributed by atoms with E-state index >= 15 is 0 Å². The summed E-state index contributed by atoms with van der Waals surface area (Å²) in [6, 6.07) is 9.50. The van der Waals surface area contributed by atoms with Crippen molar-refractivity contribution in [2.45, 2.75) is 12.5 Å². The first-order valence-electron chi connectivity index (χ1n) is 6.45. The Hall–Kier alpha value is -1.94. The van der Waals surface area contributed by atoms with Gasteiger partial charge in [0.25, 0.3) is 5.91 Å². The molecule has 1 aromatic carbocycles. The lowest BCUT2D eigenvalue weighted by Gasteiger charge is -2.16. The molecule has 3 rings (SSSR count). The summed E-state index contributed by atoms with van der Waals surface area (Å²) in [4.78, 5) is 18.5. The maximum atomic E-state index is 12.4. The third-order valence-corrected chi connectivity index (χ3v) is 3.62. The van der Waals surface area contributed by atoms with Crippen LogP contribution in [0.1, 0.15) is 16.8 Å². The molecule has 1 aliphatic heterocycles. The second-order valence-electron chi connectivity index (χ2n) is 4.81. The molecule has 2 aromatic rings. The first-order valence-corrected chi connectivity index (χ1v) is 6.45. The van der Waals surface area contributed by atoms with Gasteiger partial charge in [-0.2, -0.15) is 0 Å². The molecule has 1 atom stereocenters. The van der Waals surface area contributed by atoms with Crippen LogP contribution in [0.4, 0.5) is 0 Å². The molecule has 0 N–H and O–H groups in total. The summed E-state index contributed by atoms with van der Waals surface area (Å²) in [5.41, 5.74) is 1.63. The van der Waals surface area contributed by atoms with Gasteiger partial charge in [0.1, 0.15) is 0 Å². The minimum Gasteiger partial charge on any atom is -0.380 e. The summed E-state index contributed by atoms with van der Waals surface area (Å²) < 4.78 is 5.29. The van der Waals surface area contributed by atoms with Crippen LogP contribution in [0.3, 0.4) is 0 Å². The molecular weight excluding hydrogens is 240 g/mol. The van der Waals surface area contributed by atoms with Gasteiger partial charge in [-0.15, -0.1) is 0 Å². The number of carbonyl (C=O) groups is 1. The van der Waals surface area contributed by atoms with E-state index < -0.39 is 0 Å². The Balaban J connectivity index is 1.85. The summed E-state index contributed by atoms with van der Waals surface area (Å²) in [5.74, 6) is 0.0744. The van der Waals surface area contributed by atoms with Gasteiger partial charge in [-0.05, 0) is 30.7 Å². The molecule has 1 saturated heterocycles. The van der Waals surface area contributed by atoms with Gasteiger partial charge in [0.15, 0.2) is 0 Å². The van der Waals surface area contributed by atoms with Crippen molar-refractivity contribution in [3.63, 3.8) is 0 Å². The Bertz CT molecular complexity index is 612. The van der Waals surface area contributed by atoms with Gasteiger partial charge in [-0.3, -0.25) is 9.78 Å². The number of pyridine rings is 1. The number of carbonyl (C=O) groups excluding carboxylic acids is 1. The zero-order chi connectivity index (χ0) is 13.2. The first-order chi connectivity index (χ1) is 9.28. The van der Waals surface area contributed by atoms with Gasteiger partial charge in [-0.1, -0.05) is 6.07 Å². The third-order valence-electron chi connectivity index (χ3n) is 3.62. The first kappa shape index (κ1) is 12.1. The molecule has 0 saturated carbocycles. The molecule has 0 aliphatic carbocycles. The summed E-state index contributed by atoms with van der Waals surface area (Å²) in [6.07, 6.45) is 2.84. The van der Waals surface area contributed by atoms with Crippen molar-refractivity contribution < 1.29 is 9.53 Å². The molecule has 1 fully saturated rings. The van der Waals surface area contributed by atoms with Crippen LogP contribution in [0.15, 0.2) is 36.5 Å². The normalized spacial score (nSPS) is 19.0. The van der Waals surface area contributed by atoms with Crippen molar-refractivity contribution in [3.8, 4) is 0 Å². The zero-order valence-electron chi connectivity index (χ0n) is 10.9. The SMILES string of the molecule is COC1CCN(C(=O)c2ccc3ncccc3c2)C1. The van der Waals surface area contributed by atoms with Crippen LogP contribution >= 0.6 is 0 Å². The largest absolute Gasteiger partial charge is 0.380 e. The predicted octanol–water partition coefficient (Wildman–Crippen LogP) is 2.10. The summed E-state index contributed by atoms with van der Waals surface area (Å²) in [6.45, 7) is 1.45. The molecule has 4 nitrogen and oxygen atoms in total. The topological polar surface area (TPSA) is 42.4 Å². The van der Waals surface area contributed by atoms with Crippen LogP contribution in [0.2, 0.25) is 0 Å². The lowest BCUT2D eigenvalue weighted by Crippen LogP contribution is -2.29. The molecule has 1 aromatic heterocycles. The number of benzene rings is 1. The predicted molar refractivity (Wildman–Crippen MR) is 73.1 cm³/mol. The highest BCUT2D eigenvalue weighted by Crippen LogP contribution is 2.18. The Morgan fingerprint density at radius 1 is 1.42 bits per heavy atom. The molecule has 0 radical (unpaired) electrons. The van der Waals surface area contributed by atoms with E-state index in [0.29, 0.717) is 6.54 Å². The Kier molecular flexibility index (Phi) is 3.17. The van der Waals surface area contributed by atoms with E-state index in [1.807, 2.05) is 35.2 Å². The van der Waals surface area contributed by atoms with Crippen LogP contribution in [-0.4, -0.2) is 42.1 Å². The van der Waals surface area contributed by atoms with Crippen molar-refractivity contribution in [3.05, 3.63) is 42.1 Å². The van der Waals surface area contributed by atoms with Gasteiger partial charge in [0.2, 0.25) is 0 Å². The molecule has 4 heteroatoms. The lowest BCUT2D eigenvalue weighted by molar-refractivity contribution is 0.0724. The molecule has 2 heterocycles. The number of rotatable bonds is 2. The fraction of sp³-hybridized carbons (Fsp3) is 0.333. The number of methoxy groups -OCH3 is 1. The second kappa shape index (κ2) is 4.97. The van der Waals surface area contributed by atoms with Gasteiger partial charge in [0.05, 0.1) is 11.6 Å². The van der Waals surface area contributed by atoms with E-state index in [9.17, 15) is 4.79 Å². The molecule has 1 amide bonds. The Labute approximate surface area is 112 Å². The number of hydrogen-bond acceptors (Lipinski definition) is 3. The van der Waals surface area contributed by atoms with Crippen LogP contribution in [0.25, 0.3) is 10.9 Å². The molecule has 0 spiro atoms. The van der Waals surface area contributed by atoms with Crippen LogP contribution in [0.5, 0.6) is 0 Å². The fourth-order valence-electron chi connectivity index (χ4n) is 2.50. The molecule has 0 bridgehead atoms. The van der Waals surface area contributed by atoms with Crippen LogP contribution in [-0.2, 0) is 4.74 Å². The van der Waals surface area contributed by atoms with Crippen molar-refractivity contribution in [1.82, 2.24) is 9.88 Å². The number of ether oxygens (including phenoxy) is 1. The number of likely N-dealkylation sites (tertiary alicyclic amines) is 1. The van der Waals surface area contributed by atoms with Crippen molar-refractivity contribution in [2.75, 3.05) is 20.2 Å². The summed E-state index contributed by atoms with van der Waals surface area (Å²) in [5, 5.41) is 0.996. The highest BCUT2D eigenvalue weighted by Gasteiger charge is 2.26. The molecular formula is C15H16N2O2.